The fraction of sp³-hybridized carbons (Fsp3) is 0.0556. The fourth-order valence-electron chi connectivity index (χ4n) is 2.35. The van der Waals surface area contributed by atoms with Crippen molar-refractivity contribution in [3.63, 3.8) is 0 Å². The Morgan fingerprint density at radius 2 is 1.92 bits per heavy atom. The normalized spacial score (nSPS) is 10.5. The van der Waals surface area contributed by atoms with Crippen molar-refractivity contribution in [2.24, 2.45) is 0 Å². The second-order valence-electron chi connectivity index (χ2n) is 5.21. The smallest absolute Gasteiger partial charge is 0.265 e. The number of phenolic OH excluding ortho intramolecular Hbond substituents is 1. The van der Waals surface area contributed by atoms with Gasteiger partial charge >= 0.3 is 0 Å². The van der Waals surface area contributed by atoms with E-state index in [9.17, 15) is 9.90 Å². The van der Waals surface area contributed by atoms with Crippen LogP contribution in [0, 0.1) is 0 Å². The standard InChI is InChI=1S/C18H15BrN2O2S2/c1-24-21-14-8-12(19)7-13(9-14)20-18(23)17-6-11(10-25-17)15-4-2-3-5-16(15)22/h2-10,21-22H,1H3,(H,20,23). The fourth-order valence-corrected chi connectivity index (χ4v) is 3.99. The minimum Gasteiger partial charge on any atom is -0.507 e. The Morgan fingerprint density at radius 1 is 1.16 bits per heavy atom. The molecule has 1 heterocycles. The highest BCUT2D eigenvalue weighted by atomic mass is 79.9. The first-order chi connectivity index (χ1) is 12.1. The Labute approximate surface area is 162 Å². The summed E-state index contributed by atoms with van der Waals surface area (Å²) >= 11 is 6.28. The van der Waals surface area contributed by atoms with Gasteiger partial charge in [0.05, 0.1) is 4.88 Å². The molecular formula is C18H15BrN2O2S2. The molecule has 0 aliphatic carbocycles. The van der Waals surface area contributed by atoms with Crippen LogP contribution in [0.15, 0.2) is 58.4 Å². The highest BCUT2D eigenvalue weighted by molar-refractivity contribution is 9.10. The van der Waals surface area contributed by atoms with Crippen molar-refractivity contribution >= 4 is 56.5 Å². The van der Waals surface area contributed by atoms with Crippen molar-refractivity contribution in [1.82, 2.24) is 0 Å². The number of rotatable bonds is 5. The first kappa shape index (κ1) is 17.8. The third-order valence-electron chi connectivity index (χ3n) is 3.41. The molecule has 0 aliphatic heterocycles. The van der Waals surface area contributed by atoms with E-state index >= 15 is 0 Å². The van der Waals surface area contributed by atoms with Gasteiger partial charge in [0.1, 0.15) is 5.75 Å². The highest BCUT2D eigenvalue weighted by Gasteiger charge is 2.13. The molecule has 0 unspecified atom stereocenters. The molecule has 25 heavy (non-hydrogen) atoms. The number of nitrogens with one attached hydrogen (secondary N) is 2. The summed E-state index contributed by atoms with van der Waals surface area (Å²) in [6.45, 7) is 0. The van der Waals surface area contributed by atoms with Crippen LogP contribution in [-0.2, 0) is 0 Å². The molecule has 3 N–H and O–H groups in total. The molecule has 1 aromatic heterocycles. The monoisotopic (exact) mass is 434 g/mol. The van der Waals surface area contributed by atoms with Crippen molar-refractivity contribution in [1.29, 1.82) is 0 Å². The van der Waals surface area contributed by atoms with Gasteiger partial charge in [0.2, 0.25) is 0 Å². The predicted octanol–water partition coefficient (Wildman–Crippen LogP) is 5.83. The molecule has 0 saturated carbocycles. The molecule has 4 nitrogen and oxygen atoms in total. The molecule has 3 rings (SSSR count). The van der Waals surface area contributed by atoms with Gasteiger partial charge < -0.3 is 15.1 Å². The summed E-state index contributed by atoms with van der Waals surface area (Å²) in [6.07, 6.45) is 1.94. The number of benzene rings is 2. The van der Waals surface area contributed by atoms with Crippen molar-refractivity contribution in [2.75, 3.05) is 16.3 Å². The minimum absolute atomic E-state index is 0.181. The Hall–Kier alpha value is -1.96. The van der Waals surface area contributed by atoms with E-state index in [1.807, 2.05) is 42.0 Å². The van der Waals surface area contributed by atoms with E-state index in [1.54, 1.807) is 18.2 Å². The zero-order valence-corrected chi connectivity index (χ0v) is 16.5. The molecule has 2 aromatic carbocycles. The molecule has 0 saturated heterocycles. The Bertz CT molecular complexity index is 912. The summed E-state index contributed by atoms with van der Waals surface area (Å²) in [5.74, 6) is 0.0203. The number of hydrogen-bond acceptors (Lipinski definition) is 5. The van der Waals surface area contributed by atoms with Gasteiger partial charge in [0.15, 0.2) is 0 Å². The van der Waals surface area contributed by atoms with E-state index in [0.717, 1.165) is 15.7 Å². The van der Waals surface area contributed by atoms with Crippen LogP contribution in [-0.4, -0.2) is 17.3 Å². The lowest BCUT2D eigenvalue weighted by Crippen LogP contribution is -2.10. The number of para-hydroxylation sites is 1. The lowest BCUT2D eigenvalue weighted by molar-refractivity contribution is 0.103. The van der Waals surface area contributed by atoms with Gasteiger partial charge in [0, 0.05) is 27.7 Å². The quantitative estimate of drug-likeness (QED) is 0.442. The van der Waals surface area contributed by atoms with Gasteiger partial charge in [-0.3, -0.25) is 4.79 Å². The van der Waals surface area contributed by atoms with Crippen molar-refractivity contribution in [2.45, 2.75) is 0 Å². The van der Waals surface area contributed by atoms with Crippen LogP contribution in [0.4, 0.5) is 11.4 Å². The second kappa shape index (κ2) is 7.95. The van der Waals surface area contributed by atoms with Crippen LogP contribution < -0.4 is 10.0 Å². The van der Waals surface area contributed by atoms with E-state index in [-0.39, 0.29) is 11.7 Å². The number of phenols is 1. The Morgan fingerprint density at radius 3 is 2.68 bits per heavy atom. The molecule has 0 bridgehead atoms. The number of hydrogen-bond donors (Lipinski definition) is 3. The lowest BCUT2D eigenvalue weighted by atomic mass is 10.1. The molecule has 0 atom stereocenters. The molecule has 128 valence electrons. The number of aromatic hydroxyl groups is 1. The number of carbonyl (C=O) groups excluding carboxylic acids is 1. The van der Waals surface area contributed by atoms with E-state index < -0.39 is 0 Å². The number of anilines is 2. The number of thiophene rings is 1. The SMILES string of the molecule is CSNc1cc(Br)cc(NC(=O)c2cc(-c3ccccc3O)cs2)c1. The zero-order chi connectivity index (χ0) is 17.8. The average Bonchev–Trinajstić information content (AvgIpc) is 3.05. The summed E-state index contributed by atoms with van der Waals surface area (Å²) in [5, 5.41) is 14.7. The Kier molecular flexibility index (Phi) is 5.67. The molecule has 0 fully saturated rings. The molecular weight excluding hydrogens is 420 g/mol. The van der Waals surface area contributed by atoms with Gasteiger partial charge in [-0.1, -0.05) is 46.1 Å². The Balaban J connectivity index is 1.80. The summed E-state index contributed by atoms with van der Waals surface area (Å²) < 4.78 is 4.02. The molecule has 3 aromatic rings. The molecule has 0 aliphatic rings. The molecule has 7 heteroatoms. The van der Waals surface area contributed by atoms with Gasteiger partial charge in [-0.05, 0) is 41.3 Å². The maximum Gasteiger partial charge on any atom is 0.265 e. The van der Waals surface area contributed by atoms with Crippen LogP contribution in [0.3, 0.4) is 0 Å². The summed E-state index contributed by atoms with van der Waals surface area (Å²) in [5.41, 5.74) is 3.14. The van der Waals surface area contributed by atoms with Crippen molar-refractivity contribution in [3.05, 3.63) is 63.3 Å². The number of carbonyl (C=O) groups is 1. The van der Waals surface area contributed by atoms with E-state index in [2.05, 4.69) is 26.0 Å². The maximum absolute atomic E-state index is 12.5. The summed E-state index contributed by atoms with van der Waals surface area (Å²) in [7, 11) is 0. The summed E-state index contributed by atoms with van der Waals surface area (Å²) in [6, 6.07) is 14.5. The maximum atomic E-state index is 12.5. The topological polar surface area (TPSA) is 61.4 Å². The van der Waals surface area contributed by atoms with E-state index in [4.69, 9.17) is 0 Å². The predicted molar refractivity (Wildman–Crippen MR) is 111 cm³/mol. The molecule has 1 amide bonds. The number of amides is 1. The van der Waals surface area contributed by atoms with Crippen LogP contribution in [0.25, 0.3) is 11.1 Å². The number of halogens is 1. The van der Waals surface area contributed by atoms with Crippen LogP contribution in [0.2, 0.25) is 0 Å². The van der Waals surface area contributed by atoms with Crippen molar-refractivity contribution in [3.8, 4) is 16.9 Å². The third-order valence-corrected chi connectivity index (χ3v) is 5.24. The third kappa shape index (κ3) is 4.36. The first-order valence-corrected chi connectivity index (χ1v) is 10.2. The largest absolute Gasteiger partial charge is 0.507 e. The van der Waals surface area contributed by atoms with Crippen molar-refractivity contribution < 1.29 is 9.90 Å². The average molecular weight is 435 g/mol. The lowest BCUT2D eigenvalue weighted by Gasteiger charge is -2.08. The summed E-state index contributed by atoms with van der Waals surface area (Å²) in [4.78, 5) is 13.1. The highest BCUT2D eigenvalue weighted by Crippen LogP contribution is 2.32. The van der Waals surface area contributed by atoms with Gasteiger partial charge in [0.25, 0.3) is 5.91 Å². The van der Waals surface area contributed by atoms with Gasteiger partial charge in [-0.25, -0.2) is 0 Å². The second-order valence-corrected chi connectivity index (χ2v) is 7.64. The van der Waals surface area contributed by atoms with E-state index in [0.29, 0.717) is 16.1 Å². The molecule has 0 radical (unpaired) electrons. The van der Waals surface area contributed by atoms with Crippen LogP contribution >= 0.6 is 39.2 Å². The zero-order valence-electron chi connectivity index (χ0n) is 13.2. The van der Waals surface area contributed by atoms with Gasteiger partial charge in [-0.2, -0.15) is 0 Å². The van der Waals surface area contributed by atoms with Gasteiger partial charge in [-0.15, -0.1) is 11.3 Å². The first-order valence-electron chi connectivity index (χ1n) is 7.34. The minimum atomic E-state index is -0.181. The molecule has 0 spiro atoms. The van der Waals surface area contributed by atoms with Crippen LogP contribution in [0.1, 0.15) is 9.67 Å². The van der Waals surface area contributed by atoms with Crippen LogP contribution in [0.5, 0.6) is 5.75 Å². The van der Waals surface area contributed by atoms with E-state index in [1.165, 1.54) is 23.3 Å².